The predicted molar refractivity (Wildman–Crippen MR) is 114 cm³/mol. The van der Waals surface area contributed by atoms with Gasteiger partial charge in [-0.1, -0.05) is 31.0 Å². The Morgan fingerprint density at radius 3 is 2.86 bits per heavy atom. The van der Waals surface area contributed by atoms with Gasteiger partial charge in [0.2, 0.25) is 5.82 Å². The molecule has 158 valence electrons. The van der Waals surface area contributed by atoms with Crippen molar-refractivity contribution in [1.29, 1.82) is 0 Å². The lowest BCUT2D eigenvalue weighted by atomic mass is 10.1. The first-order chi connectivity index (χ1) is 14.2. The molecule has 2 atom stereocenters. The maximum absolute atomic E-state index is 6.24. The molecule has 2 aromatic rings. The predicted octanol–water partition coefficient (Wildman–Crippen LogP) is 2.06. The number of hydrogen-bond acceptors (Lipinski definition) is 5. The molecule has 3 heterocycles. The van der Waals surface area contributed by atoms with Gasteiger partial charge in [0.15, 0.2) is 0 Å². The van der Waals surface area contributed by atoms with Crippen molar-refractivity contribution in [1.82, 2.24) is 20.2 Å². The van der Waals surface area contributed by atoms with Crippen LogP contribution in [0.2, 0.25) is 5.02 Å². The van der Waals surface area contributed by atoms with Crippen molar-refractivity contribution in [2.45, 2.75) is 58.2 Å². The molecule has 2 aliphatic heterocycles. The number of anilines is 1. The van der Waals surface area contributed by atoms with Gasteiger partial charge in [0.1, 0.15) is 6.04 Å². The second-order valence-electron chi connectivity index (χ2n) is 8.27. The molecule has 0 radical (unpaired) electrons. The fourth-order valence-electron chi connectivity index (χ4n) is 4.68. The Morgan fingerprint density at radius 1 is 1.31 bits per heavy atom. The molecule has 0 amide bonds. The third kappa shape index (κ3) is 4.73. The summed E-state index contributed by atoms with van der Waals surface area (Å²) in [7, 11) is 0. The van der Waals surface area contributed by atoms with Gasteiger partial charge in [-0.05, 0) is 47.9 Å². The summed E-state index contributed by atoms with van der Waals surface area (Å²) in [6, 6.07) is 6.50. The fraction of sp³-hybridized carbons (Fsp3) is 0.667. The molecule has 0 saturated carbocycles. The van der Waals surface area contributed by atoms with Crippen molar-refractivity contribution in [3.8, 4) is 0 Å². The Balaban J connectivity index is 1.45. The summed E-state index contributed by atoms with van der Waals surface area (Å²) >= 11 is 6.24. The largest absolute Gasteiger partial charge is 0.376 e. The standard InChI is InChI=1S/C21H31ClN6O/c1-3-5-19(21-23-24-25-28(21)15-18-6-4-13-29-18)26-9-11-27(12-10-26)20-14-17(22)8-7-16(20)2/h7-8,14,18-19H,3-6,9-13,15H2,1-2H3/p+1/t18-,19+/m0/s1. The third-order valence-electron chi connectivity index (χ3n) is 6.26. The monoisotopic (exact) mass is 419 g/mol. The van der Waals surface area contributed by atoms with E-state index in [1.54, 1.807) is 4.90 Å². The molecule has 4 rings (SSSR count). The van der Waals surface area contributed by atoms with Gasteiger partial charge in [-0.2, -0.15) is 0 Å². The van der Waals surface area contributed by atoms with E-state index in [1.807, 2.05) is 10.7 Å². The van der Waals surface area contributed by atoms with Crippen molar-refractivity contribution in [2.75, 3.05) is 37.7 Å². The Kier molecular flexibility index (Phi) is 6.67. The van der Waals surface area contributed by atoms with E-state index in [4.69, 9.17) is 16.3 Å². The maximum atomic E-state index is 6.24. The zero-order valence-electron chi connectivity index (χ0n) is 17.5. The van der Waals surface area contributed by atoms with Gasteiger partial charge < -0.3 is 14.5 Å². The zero-order valence-corrected chi connectivity index (χ0v) is 18.2. The van der Waals surface area contributed by atoms with E-state index in [0.29, 0.717) is 6.04 Å². The molecular formula is C21H32ClN6O+. The van der Waals surface area contributed by atoms with Crippen LogP contribution < -0.4 is 9.80 Å². The van der Waals surface area contributed by atoms with Crippen molar-refractivity contribution >= 4 is 17.3 Å². The first-order valence-electron chi connectivity index (χ1n) is 10.9. The van der Waals surface area contributed by atoms with E-state index in [1.165, 1.54) is 11.3 Å². The molecular weight excluding hydrogens is 388 g/mol. The van der Waals surface area contributed by atoms with Crippen LogP contribution in [0.15, 0.2) is 18.2 Å². The highest BCUT2D eigenvalue weighted by molar-refractivity contribution is 6.30. The number of ether oxygens (including phenoxy) is 1. The third-order valence-corrected chi connectivity index (χ3v) is 6.49. The lowest BCUT2D eigenvalue weighted by Gasteiger charge is -2.37. The summed E-state index contributed by atoms with van der Waals surface area (Å²) in [5, 5.41) is 13.6. The minimum Gasteiger partial charge on any atom is -0.376 e. The molecule has 2 fully saturated rings. The number of nitrogens with one attached hydrogen (secondary N) is 1. The molecule has 0 bridgehead atoms. The van der Waals surface area contributed by atoms with E-state index < -0.39 is 0 Å². The first-order valence-corrected chi connectivity index (χ1v) is 11.3. The lowest BCUT2D eigenvalue weighted by Crippen LogP contribution is -3.15. The first kappa shape index (κ1) is 20.6. The molecule has 0 spiro atoms. The highest BCUT2D eigenvalue weighted by Crippen LogP contribution is 2.25. The van der Waals surface area contributed by atoms with Crippen molar-refractivity contribution in [2.24, 2.45) is 0 Å². The molecule has 2 saturated heterocycles. The molecule has 8 heteroatoms. The van der Waals surface area contributed by atoms with E-state index in [9.17, 15) is 0 Å². The van der Waals surface area contributed by atoms with E-state index in [2.05, 4.69) is 46.4 Å². The molecule has 1 aromatic heterocycles. The Labute approximate surface area is 178 Å². The van der Waals surface area contributed by atoms with Crippen LogP contribution in [0, 0.1) is 6.92 Å². The number of rotatable bonds is 7. The number of quaternary nitrogens is 1. The van der Waals surface area contributed by atoms with Crippen LogP contribution in [0.3, 0.4) is 0 Å². The van der Waals surface area contributed by atoms with E-state index in [-0.39, 0.29) is 6.10 Å². The Morgan fingerprint density at radius 2 is 2.14 bits per heavy atom. The Hall–Kier alpha value is -1.70. The van der Waals surface area contributed by atoms with Gasteiger partial charge in [0.25, 0.3) is 0 Å². The minimum atomic E-state index is 0.247. The molecule has 0 aliphatic carbocycles. The van der Waals surface area contributed by atoms with Gasteiger partial charge in [-0.15, -0.1) is 5.10 Å². The van der Waals surface area contributed by atoms with Crippen LogP contribution in [0.4, 0.5) is 5.69 Å². The Bertz CT molecular complexity index is 798. The lowest BCUT2D eigenvalue weighted by molar-refractivity contribution is -0.933. The van der Waals surface area contributed by atoms with Crippen LogP contribution >= 0.6 is 11.6 Å². The van der Waals surface area contributed by atoms with E-state index in [0.717, 1.165) is 75.9 Å². The zero-order chi connectivity index (χ0) is 20.2. The molecule has 7 nitrogen and oxygen atoms in total. The highest BCUT2D eigenvalue weighted by Gasteiger charge is 2.33. The van der Waals surface area contributed by atoms with Crippen LogP contribution in [0.25, 0.3) is 0 Å². The number of hydrogen-bond donors (Lipinski definition) is 1. The number of aromatic nitrogens is 4. The number of benzene rings is 1. The number of halogens is 1. The molecule has 0 unspecified atom stereocenters. The number of nitrogens with zero attached hydrogens (tertiary/aromatic N) is 5. The quantitative estimate of drug-likeness (QED) is 0.744. The van der Waals surface area contributed by atoms with Gasteiger partial charge in [0, 0.05) is 23.7 Å². The van der Waals surface area contributed by atoms with Crippen LogP contribution in [0.5, 0.6) is 0 Å². The van der Waals surface area contributed by atoms with Crippen molar-refractivity contribution in [3.05, 3.63) is 34.6 Å². The number of aryl methyl sites for hydroxylation is 1. The molecule has 29 heavy (non-hydrogen) atoms. The molecule has 1 N–H and O–H groups in total. The van der Waals surface area contributed by atoms with Crippen LogP contribution in [-0.4, -0.2) is 59.1 Å². The average molecular weight is 420 g/mol. The summed E-state index contributed by atoms with van der Waals surface area (Å²) in [5.41, 5.74) is 2.54. The summed E-state index contributed by atoms with van der Waals surface area (Å²) in [6.45, 7) is 10.2. The maximum Gasteiger partial charge on any atom is 0.209 e. The van der Waals surface area contributed by atoms with Crippen molar-refractivity contribution in [3.63, 3.8) is 0 Å². The van der Waals surface area contributed by atoms with Gasteiger partial charge in [-0.25, -0.2) is 4.68 Å². The summed E-state index contributed by atoms with van der Waals surface area (Å²) in [5.74, 6) is 1.02. The molecule has 2 aliphatic rings. The number of tetrazole rings is 1. The second-order valence-corrected chi connectivity index (χ2v) is 8.71. The summed E-state index contributed by atoms with van der Waals surface area (Å²) in [4.78, 5) is 4.04. The fourth-order valence-corrected chi connectivity index (χ4v) is 4.85. The number of piperazine rings is 1. The van der Waals surface area contributed by atoms with Crippen LogP contribution in [0.1, 0.15) is 50.0 Å². The van der Waals surface area contributed by atoms with Gasteiger partial charge in [-0.3, -0.25) is 0 Å². The summed E-state index contributed by atoms with van der Waals surface area (Å²) in [6.07, 6.45) is 4.70. The van der Waals surface area contributed by atoms with Crippen LogP contribution in [-0.2, 0) is 11.3 Å². The average Bonchev–Trinajstić information content (AvgIpc) is 3.41. The van der Waals surface area contributed by atoms with Gasteiger partial charge >= 0.3 is 0 Å². The highest BCUT2D eigenvalue weighted by atomic mass is 35.5. The molecule has 1 aromatic carbocycles. The second kappa shape index (κ2) is 9.41. The SMILES string of the molecule is CCC[C@H](c1nnnn1C[C@@H]1CCCO1)[NH+]1CCN(c2cc(Cl)ccc2C)CC1. The topological polar surface area (TPSA) is 60.5 Å². The van der Waals surface area contributed by atoms with E-state index >= 15 is 0 Å². The smallest absolute Gasteiger partial charge is 0.209 e. The normalized spacial score (nSPS) is 21.6. The summed E-state index contributed by atoms with van der Waals surface area (Å²) < 4.78 is 7.81. The van der Waals surface area contributed by atoms with Crippen molar-refractivity contribution < 1.29 is 9.64 Å². The minimum absolute atomic E-state index is 0.247. The van der Waals surface area contributed by atoms with Gasteiger partial charge in [0.05, 0.1) is 38.8 Å².